The second-order valence-electron chi connectivity index (χ2n) is 9.46. The van der Waals surface area contributed by atoms with Crippen LogP contribution in [0.2, 0.25) is 0 Å². The van der Waals surface area contributed by atoms with Gasteiger partial charge in [-0.15, -0.1) is 0 Å². The molecule has 4 N–H and O–H groups in total. The van der Waals surface area contributed by atoms with E-state index < -0.39 is 0 Å². The first-order chi connectivity index (χ1) is 19.2. The van der Waals surface area contributed by atoms with Gasteiger partial charge in [0.2, 0.25) is 0 Å². The molecule has 6 aromatic carbocycles. The summed E-state index contributed by atoms with van der Waals surface area (Å²) in [5.41, 5.74) is 22.1. The third kappa shape index (κ3) is 4.98. The van der Waals surface area contributed by atoms with Crippen molar-refractivity contribution in [2.45, 2.75) is 0 Å². The van der Waals surface area contributed by atoms with Crippen molar-refractivity contribution < 1.29 is 4.74 Å². The normalized spacial score (nSPS) is 10.8. The van der Waals surface area contributed by atoms with Gasteiger partial charge in [-0.3, -0.25) is 0 Å². The summed E-state index contributed by atoms with van der Waals surface area (Å²) < 4.78 is 7.12. The Kier molecular flexibility index (Phi) is 6.55. The van der Waals surface area contributed by atoms with E-state index in [-0.39, 0.29) is 0 Å². The summed E-state index contributed by atoms with van der Waals surface area (Å²) in [5.74, 6) is 1.47. The van der Waals surface area contributed by atoms with E-state index in [4.69, 9.17) is 16.2 Å². The predicted molar refractivity (Wildman–Crippen MR) is 164 cm³/mol. The van der Waals surface area contributed by atoms with Crippen LogP contribution >= 0.6 is 0 Å². The first kappa shape index (κ1) is 24.1. The molecule has 0 saturated heterocycles. The van der Waals surface area contributed by atoms with Crippen LogP contribution in [0.5, 0.6) is 11.5 Å². The number of rotatable bonds is 6. The number of hydrogen-bond acceptors (Lipinski definition) is 3. The lowest BCUT2D eigenvalue weighted by molar-refractivity contribution is 0.490. The van der Waals surface area contributed by atoms with Crippen LogP contribution in [0.25, 0.3) is 44.5 Å². The quantitative estimate of drug-likeness (QED) is 0.222. The lowest BCUT2D eigenvalue weighted by Crippen LogP contribution is -1.99. The third-order valence-electron chi connectivity index (χ3n) is 6.77. The van der Waals surface area contributed by atoms with Crippen molar-refractivity contribution in [3.8, 4) is 56.0 Å². The Labute approximate surface area is 229 Å². The molecule has 0 fully saturated rings. The molecule has 0 bridgehead atoms. The van der Waals surface area contributed by atoms with E-state index in [0.717, 1.165) is 56.0 Å². The lowest BCUT2D eigenvalue weighted by Gasteiger charge is -2.22. The second-order valence-corrected chi connectivity index (χ2v) is 9.46. The van der Waals surface area contributed by atoms with Gasteiger partial charge in [0.15, 0.2) is 0 Å². The highest BCUT2D eigenvalue weighted by Crippen LogP contribution is 2.48. The Morgan fingerprint density at radius 1 is 0.333 bits per heavy atom. The number of benzene rings is 6. The molecular formula is C36H28N2O. The van der Waals surface area contributed by atoms with Crippen LogP contribution in [-0.4, -0.2) is 0 Å². The number of ether oxygens (including phenoxy) is 1. The Hall–Kier alpha value is -5.28. The molecule has 0 saturated carbocycles. The molecule has 188 valence electrons. The number of nitrogen functional groups attached to an aromatic ring is 2. The molecule has 0 aliphatic heterocycles. The summed E-state index contributed by atoms with van der Waals surface area (Å²) in [6.45, 7) is 0. The van der Waals surface area contributed by atoms with Crippen molar-refractivity contribution in [1.29, 1.82) is 0 Å². The van der Waals surface area contributed by atoms with Crippen molar-refractivity contribution in [2.75, 3.05) is 11.5 Å². The molecule has 3 nitrogen and oxygen atoms in total. The minimum atomic E-state index is 0.670. The molecular weight excluding hydrogens is 476 g/mol. The number of nitrogens with two attached hydrogens (primary N) is 2. The topological polar surface area (TPSA) is 61.3 Å². The fourth-order valence-electron chi connectivity index (χ4n) is 4.95. The molecule has 0 aliphatic rings. The average Bonchev–Trinajstić information content (AvgIpc) is 3.00. The smallest absolute Gasteiger partial charge is 0.143 e. The Balaban J connectivity index is 1.66. The van der Waals surface area contributed by atoms with Crippen LogP contribution in [0.4, 0.5) is 11.4 Å². The van der Waals surface area contributed by atoms with Gasteiger partial charge in [0, 0.05) is 33.6 Å². The van der Waals surface area contributed by atoms with Gasteiger partial charge in [-0.05, 0) is 46.5 Å². The molecule has 6 aromatic rings. The molecule has 0 atom stereocenters. The van der Waals surface area contributed by atoms with Crippen LogP contribution in [0, 0.1) is 0 Å². The monoisotopic (exact) mass is 504 g/mol. The van der Waals surface area contributed by atoms with Gasteiger partial charge in [0.1, 0.15) is 11.5 Å². The van der Waals surface area contributed by atoms with Crippen LogP contribution in [-0.2, 0) is 0 Å². The van der Waals surface area contributed by atoms with E-state index in [2.05, 4.69) is 48.5 Å². The Bertz CT molecular complexity index is 1460. The second kappa shape index (κ2) is 10.6. The highest BCUT2D eigenvalue weighted by Gasteiger charge is 2.21. The van der Waals surface area contributed by atoms with Crippen LogP contribution in [0.1, 0.15) is 0 Å². The maximum atomic E-state index is 7.12. The molecule has 0 radical (unpaired) electrons. The van der Waals surface area contributed by atoms with Crippen LogP contribution in [0.15, 0.2) is 146 Å². The molecule has 0 spiro atoms. The van der Waals surface area contributed by atoms with Crippen molar-refractivity contribution in [1.82, 2.24) is 0 Å². The SMILES string of the molecule is Nc1cc(-c2ccccc2)c(Oc2c(-c3ccccc3)cc(N)cc2-c2ccccc2)c(-c2ccccc2)c1. The molecule has 0 amide bonds. The van der Waals surface area contributed by atoms with E-state index in [1.807, 2.05) is 97.1 Å². The van der Waals surface area contributed by atoms with Gasteiger partial charge in [0.05, 0.1) is 0 Å². The predicted octanol–water partition coefficient (Wildman–Crippen LogP) is 9.31. The Morgan fingerprint density at radius 2 is 0.564 bits per heavy atom. The molecule has 0 unspecified atom stereocenters. The molecule has 39 heavy (non-hydrogen) atoms. The fraction of sp³-hybridized carbons (Fsp3) is 0. The Morgan fingerprint density at radius 3 is 0.795 bits per heavy atom. The summed E-state index contributed by atoms with van der Waals surface area (Å²) >= 11 is 0. The number of anilines is 2. The van der Waals surface area contributed by atoms with Gasteiger partial charge in [-0.25, -0.2) is 0 Å². The zero-order valence-corrected chi connectivity index (χ0v) is 21.4. The zero-order chi connectivity index (χ0) is 26.6. The number of hydrogen-bond donors (Lipinski definition) is 2. The molecule has 3 heteroatoms. The van der Waals surface area contributed by atoms with Crippen molar-refractivity contribution in [3.63, 3.8) is 0 Å². The van der Waals surface area contributed by atoms with E-state index in [0.29, 0.717) is 11.4 Å². The van der Waals surface area contributed by atoms with Crippen LogP contribution in [0.3, 0.4) is 0 Å². The van der Waals surface area contributed by atoms with E-state index in [9.17, 15) is 0 Å². The average molecular weight is 505 g/mol. The van der Waals surface area contributed by atoms with Gasteiger partial charge in [-0.2, -0.15) is 0 Å². The van der Waals surface area contributed by atoms with Crippen molar-refractivity contribution >= 4 is 11.4 Å². The van der Waals surface area contributed by atoms with E-state index in [1.54, 1.807) is 0 Å². The highest BCUT2D eigenvalue weighted by molar-refractivity contribution is 5.90. The molecule has 0 aromatic heterocycles. The van der Waals surface area contributed by atoms with Gasteiger partial charge in [0.25, 0.3) is 0 Å². The van der Waals surface area contributed by atoms with Crippen LogP contribution < -0.4 is 16.2 Å². The van der Waals surface area contributed by atoms with E-state index >= 15 is 0 Å². The molecule has 0 aliphatic carbocycles. The largest absolute Gasteiger partial charge is 0.455 e. The van der Waals surface area contributed by atoms with E-state index in [1.165, 1.54) is 0 Å². The minimum Gasteiger partial charge on any atom is -0.455 e. The summed E-state index contributed by atoms with van der Waals surface area (Å²) in [7, 11) is 0. The van der Waals surface area contributed by atoms with Gasteiger partial charge in [-0.1, -0.05) is 121 Å². The third-order valence-corrected chi connectivity index (χ3v) is 6.77. The van der Waals surface area contributed by atoms with Crippen molar-refractivity contribution in [3.05, 3.63) is 146 Å². The minimum absolute atomic E-state index is 0.670. The first-order valence-electron chi connectivity index (χ1n) is 12.9. The summed E-state index contributed by atoms with van der Waals surface area (Å²) in [6, 6.07) is 48.8. The van der Waals surface area contributed by atoms with Gasteiger partial charge >= 0.3 is 0 Å². The van der Waals surface area contributed by atoms with Gasteiger partial charge < -0.3 is 16.2 Å². The highest BCUT2D eigenvalue weighted by atomic mass is 16.5. The molecule has 0 heterocycles. The van der Waals surface area contributed by atoms with Crippen molar-refractivity contribution in [2.24, 2.45) is 0 Å². The summed E-state index contributed by atoms with van der Waals surface area (Å²) in [6.07, 6.45) is 0. The zero-order valence-electron chi connectivity index (χ0n) is 21.4. The summed E-state index contributed by atoms with van der Waals surface area (Å²) in [4.78, 5) is 0. The standard InChI is InChI=1S/C36H28N2O/c37-29-21-31(25-13-5-1-6-14-25)35(32(22-29)26-15-7-2-8-16-26)39-36-33(27-17-9-3-10-18-27)23-30(38)24-34(36)28-19-11-4-12-20-28/h1-24H,37-38H2. The maximum Gasteiger partial charge on any atom is 0.143 e. The molecule has 6 rings (SSSR count). The lowest BCUT2D eigenvalue weighted by atomic mass is 9.94. The summed E-state index contributed by atoms with van der Waals surface area (Å²) in [5, 5.41) is 0. The maximum absolute atomic E-state index is 7.12. The first-order valence-corrected chi connectivity index (χ1v) is 12.9. The fourth-order valence-corrected chi connectivity index (χ4v) is 4.95.